The summed E-state index contributed by atoms with van der Waals surface area (Å²) in [5.41, 5.74) is 1.22. The summed E-state index contributed by atoms with van der Waals surface area (Å²) in [6, 6.07) is 7.23. The number of carbonyl (C=O) groups is 3. The first-order valence-corrected chi connectivity index (χ1v) is 12.2. The molecule has 2 amide bonds. The van der Waals surface area contributed by atoms with Gasteiger partial charge in [0.15, 0.2) is 5.58 Å². The molecule has 1 aliphatic carbocycles. The second-order valence-corrected chi connectivity index (χ2v) is 9.10. The molecule has 2 aliphatic rings. The van der Waals surface area contributed by atoms with E-state index in [0.717, 1.165) is 38.8 Å². The van der Waals surface area contributed by atoms with Crippen molar-refractivity contribution < 1.29 is 23.5 Å². The Hall–Kier alpha value is -2.90. The van der Waals surface area contributed by atoms with Crippen molar-refractivity contribution in [3.63, 3.8) is 0 Å². The minimum absolute atomic E-state index is 0.00797. The lowest BCUT2D eigenvalue weighted by atomic mass is 9.89. The number of rotatable bonds is 9. The van der Waals surface area contributed by atoms with E-state index in [1.54, 1.807) is 17.0 Å². The van der Waals surface area contributed by atoms with Gasteiger partial charge in [-0.3, -0.25) is 14.5 Å². The van der Waals surface area contributed by atoms with Crippen molar-refractivity contribution >= 4 is 28.9 Å². The van der Waals surface area contributed by atoms with E-state index in [1.165, 1.54) is 19.3 Å². The number of amides is 2. The zero-order chi connectivity index (χ0) is 23.0. The molecule has 1 saturated heterocycles. The van der Waals surface area contributed by atoms with E-state index >= 15 is 0 Å². The van der Waals surface area contributed by atoms with Gasteiger partial charge in [-0.15, -0.1) is 0 Å². The van der Waals surface area contributed by atoms with Gasteiger partial charge in [0.1, 0.15) is 12.1 Å². The molecule has 0 radical (unpaired) electrons. The Morgan fingerprint density at radius 3 is 2.58 bits per heavy atom. The Kier molecular flexibility index (Phi) is 7.96. The second kappa shape index (κ2) is 11.3. The third-order valence-corrected chi connectivity index (χ3v) is 6.55. The number of aromatic nitrogens is 1. The number of ketones is 1. The molecule has 2 fully saturated rings. The molecule has 4 rings (SSSR count). The maximum absolute atomic E-state index is 12.8. The molecular weight excluding hydrogens is 422 g/mol. The largest absolute Gasteiger partial charge is 0.449 e. The van der Waals surface area contributed by atoms with Gasteiger partial charge < -0.3 is 14.1 Å². The molecule has 0 bridgehead atoms. The van der Waals surface area contributed by atoms with Crippen LogP contribution in [0.5, 0.6) is 0 Å². The number of para-hydroxylation sites is 2. The molecule has 2 aromatic rings. The standard InChI is InChI=1S/C25H33N3O5/c29-21(24-26-20-11-4-5-13-22(20)33-24)12-8-16-32-25(31)28(17-19-9-2-1-3-10-19)18-23(30)27-14-6-7-15-27/h4-5,11,13,19H,1-3,6-10,12,14-18H2. The molecule has 178 valence electrons. The summed E-state index contributed by atoms with van der Waals surface area (Å²) in [5, 5.41) is 0. The normalized spacial score (nSPS) is 16.8. The molecule has 1 aromatic heterocycles. The molecule has 2 heterocycles. The van der Waals surface area contributed by atoms with Gasteiger partial charge in [-0.2, -0.15) is 0 Å². The van der Waals surface area contributed by atoms with E-state index < -0.39 is 6.09 Å². The highest BCUT2D eigenvalue weighted by Crippen LogP contribution is 2.25. The van der Waals surface area contributed by atoms with Crippen LogP contribution in [0.15, 0.2) is 28.7 Å². The van der Waals surface area contributed by atoms with Gasteiger partial charge in [0.2, 0.25) is 11.7 Å². The fourth-order valence-electron chi connectivity index (χ4n) is 4.70. The van der Waals surface area contributed by atoms with E-state index in [9.17, 15) is 14.4 Å². The number of Topliss-reactive ketones (excluding diaryl/α,β-unsaturated/α-hetero) is 1. The summed E-state index contributed by atoms with van der Waals surface area (Å²) in [7, 11) is 0. The molecule has 1 saturated carbocycles. The summed E-state index contributed by atoms with van der Waals surface area (Å²) in [4.78, 5) is 45.5. The molecule has 1 aliphatic heterocycles. The first-order valence-electron chi connectivity index (χ1n) is 12.2. The van der Waals surface area contributed by atoms with Gasteiger partial charge in [0, 0.05) is 26.1 Å². The molecule has 33 heavy (non-hydrogen) atoms. The molecular formula is C25H33N3O5. The van der Waals surface area contributed by atoms with E-state index in [-0.39, 0.29) is 37.2 Å². The molecule has 1 aromatic carbocycles. The minimum Gasteiger partial charge on any atom is -0.449 e. The van der Waals surface area contributed by atoms with Crippen LogP contribution in [0, 0.1) is 5.92 Å². The number of likely N-dealkylation sites (tertiary alicyclic amines) is 1. The molecule has 0 N–H and O–H groups in total. The summed E-state index contributed by atoms with van der Waals surface area (Å²) in [6.07, 6.45) is 7.87. The SMILES string of the molecule is O=C(CCCOC(=O)N(CC(=O)N1CCCC1)CC1CCCCC1)c1nc2ccccc2o1. The topological polar surface area (TPSA) is 93.0 Å². The van der Waals surface area contributed by atoms with Gasteiger partial charge in [0.05, 0.1) is 6.61 Å². The Bertz CT molecular complexity index is 927. The van der Waals surface area contributed by atoms with Crippen molar-refractivity contribution in [2.45, 2.75) is 57.8 Å². The van der Waals surface area contributed by atoms with Crippen molar-refractivity contribution in [3.05, 3.63) is 30.2 Å². The lowest BCUT2D eigenvalue weighted by Gasteiger charge is -2.30. The number of ether oxygens (including phenoxy) is 1. The predicted octanol–water partition coefficient (Wildman–Crippen LogP) is 4.43. The average molecular weight is 456 g/mol. The van der Waals surface area contributed by atoms with Crippen LogP contribution in [0.2, 0.25) is 0 Å². The van der Waals surface area contributed by atoms with E-state index in [2.05, 4.69) is 4.98 Å². The zero-order valence-electron chi connectivity index (χ0n) is 19.2. The van der Waals surface area contributed by atoms with Crippen molar-refractivity contribution in [2.75, 3.05) is 32.8 Å². The Balaban J connectivity index is 1.26. The Labute approximate surface area is 194 Å². The number of hydrogen-bond donors (Lipinski definition) is 0. The fraction of sp³-hybridized carbons (Fsp3) is 0.600. The van der Waals surface area contributed by atoms with Crippen LogP contribution in [-0.4, -0.2) is 65.4 Å². The summed E-state index contributed by atoms with van der Waals surface area (Å²) >= 11 is 0. The summed E-state index contributed by atoms with van der Waals surface area (Å²) in [5.74, 6) is 0.271. The van der Waals surface area contributed by atoms with E-state index in [4.69, 9.17) is 9.15 Å². The van der Waals surface area contributed by atoms with Crippen LogP contribution in [0.1, 0.15) is 68.5 Å². The first-order chi connectivity index (χ1) is 16.1. The average Bonchev–Trinajstić information content (AvgIpc) is 3.52. The second-order valence-electron chi connectivity index (χ2n) is 9.10. The number of oxazole rings is 1. The van der Waals surface area contributed by atoms with Gasteiger partial charge >= 0.3 is 6.09 Å². The highest BCUT2D eigenvalue weighted by molar-refractivity contribution is 5.94. The van der Waals surface area contributed by atoms with Gasteiger partial charge in [-0.25, -0.2) is 9.78 Å². The van der Waals surface area contributed by atoms with Crippen LogP contribution in [-0.2, 0) is 9.53 Å². The molecule has 0 atom stereocenters. The first kappa shape index (κ1) is 23.3. The molecule has 8 heteroatoms. The summed E-state index contributed by atoms with van der Waals surface area (Å²) < 4.78 is 11.0. The number of hydrogen-bond acceptors (Lipinski definition) is 6. The highest BCUT2D eigenvalue weighted by atomic mass is 16.6. The van der Waals surface area contributed by atoms with E-state index in [0.29, 0.717) is 30.0 Å². The lowest BCUT2D eigenvalue weighted by molar-refractivity contribution is -0.131. The third-order valence-electron chi connectivity index (χ3n) is 6.55. The van der Waals surface area contributed by atoms with Crippen molar-refractivity contribution in [1.82, 2.24) is 14.8 Å². The van der Waals surface area contributed by atoms with Crippen molar-refractivity contribution in [3.8, 4) is 0 Å². The van der Waals surface area contributed by atoms with E-state index in [1.807, 2.05) is 17.0 Å². The smallest absolute Gasteiger partial charge is 0.410 e. The Morgan fingerprint density at radius 1 is 1.06 bits per heavy atom. The van der Waals surface area contributed by atoms with Gasteiger partial charge in [0.25, 0.3) is 5.89 Å². The number of benzene rings is 1. The number of nitrogens with zero attached hydrogens (tertiary/aromatic N) is 3. The van der Waals surface area contributed by atoms with Crippen LogP contribution in [0.25, 0.3) is 11.1 Å². The quantitative estimate of drug-likeness (QED) is 0.410. The van der Waals surface area contributed by atoms with Crippen LogP contribution in [0.4, 0.5) is 4.79 Å². The molecule has 0 unspecified atom stereocenters. The van der Waals surface area contributed by atoms with Crippen molar-refractivity contribution in [2.24, 2.45) is 5.92 Å². The molecule has 8 nitrogen and oxygen atoms in total. The Morgan fingerprint density at radius 2 is 1.82 bits per heavy atom. The predicted molar refractivity (Wildman–Crippen MR) is 123 cm³/mol. The van der Waals surface area contributed by atoms with Gasteiger partial charge in [-0.1, -0.05) is 31.4 Å². The van der Waals surface area contributed by atoms with Crippen LogP contribution in [0.3, 0.4) is 0 Å². The van der Waals surface area contributed by atoms with Gasteiger partial charge in [-0.05, 0) is 50.2 Å². The third kappa shape index (κ3) is 6.33. The fourth-order valence-corrected chi connectivity index (χ4v) is 4.70. The highest BCUT2D eigenvalue weighted by Gasteiger charge is 2.27. The summed E-state index contributed by atoms with van der Waals surface area (Å²) in [6.45, 7) is 2.27. The monoisotopic (exact) mass is 455 g/mol. The van der Waals surface area contributed by atoms with Crippen LogP contribution >= 0.6 is 0 Å². The lowest BCUT2D eigenvalue weighted by Crippen LogP contribution is -2.44. The number of fused-ring (bicyclic) bond motifs is 1. The van der Waals surface area contributed by atoms with Crippen molar-refractivity contribution in [1.29, 1.82) is 0 Å². The minimum atomic E-state index is -0.470. The maximum Gasteiger partial charge on any atom is 0.410 e. The van der Waals surface area contributed by atoms with Crippen LogP contribution < -0.4 is 0 Å². The number of carbonyl (C=O) groups excluding carboxylic acids is 3. The zero-order valence-corrected chi connectivity index (χ0v) is 19.2. The molecule has 0 spiro atoms. The maximum atomic E-state index is 12.8.